The predicted molar refractivity (Wildman–Crippen MR) is 85.2 cm³/mol. The van der Waals surface area contributed by atoms with Crippen molar-refractivity contribution in [2.24, 2.45) is 0 Å². The number of benzene rings is 1. The number of tetrazole rings is 1. The molecule has 0 bridgehead atoms. The molecule has 118 valence electrons. The largest absolute Gasteiger partial charge is 0.342 e. The lowest BCUT2D eigenvalue weighted by Crippen LogP contribution is -2.32. The van der Waals surface area contributed by atoms with Crippen LogP contribution in [0.2, 0.25) is 0 Å². The Morgan fingerprint density at radius 3 is 2.57 bits per heavy atom. The summed E-state index contributed by atoms with van der Waals surface area (Å²) in [6.45, 7) is 2.45. The third-order valence-electron chi connectivity index (χ3n) is 3.79. The molecule has 0 aliphatic heterocycles. The summed E-state index contributed by atoms with van der Waals surface area (Å²) >= 11 is 0. The maximum absolute atomic E-state index is 12.5. The molecule has 0 aliphatic carbocycles. The minimum absolute atomic E-state index is 0.0726. The number of likely N-dealkylation sites (N-methyl/N-ethyl adjacent to an activating group) is 1. The van der Waals surface area contributed by atoms with Crippen LogP contribution in [-0.4, -0.2) is 43.0 Å². The average Bonchev–Trinajstić information content (AvgIpc) is 3.27. The van der Waals surface area contributed by atoms with Crippen molar-refractivity contribution >= 4 is 5.91 Å². The van der Waals surface area contributed by atoms with Gasteiger partial charge in [0, 0.05) is 31.5 Å². The van der Waals surface area contributed by atoms with Gasteiger partial charge in [0.25, 0.3) is 0 Å². The summed E-state index contributed by atoms with van der Waals surface area (Å²) in [5.74, 6) is 0.630. The molecule has 0 saturated carbocycles. The second kappa shape index (κ2) is 6.43. The van der Waals surface area contributed by atoms with E-state index in [0.717, 1.165) is 11.1 Å². The molecule has 1 N–H and O–H groups in total. The summed E-state index contributed by atoms with van der Waals surface area (Å²) in [4.78, 5) is 14.2. The van der Waals surface area contributed by atoms with E-state index in [-0.39, 0.29) is 11.9 Å². The highest BCUT2D eigenvalue weighted by Gasteiger charge is 2.18. The third kappa shape index (κ3) is 3.28. The Morgan fingerprint density at radius 1 is 1.26 bits per heavy atom. The Morgan fingerprint density at radius 2 is 1.96 bits per heavy atom. The minimum Gasteiger partial charge on any atom is -0.342 e. The van der Waals surface area contributed by atoms with Gasteiger partial charge in [-0.05, 0) is 29.8 Å². The predicted octanol–water partition coefficient (Wildman–Crippen LogP) is 1.89. The van der Waals surface area contributed by atoms with E-state index in [1.807, 2.05) is 67.3 Å². The molecule has 1 amide bonds. The van der Waals surface area contributed by atoms with Crippen LogP contribution in [0.5, 0.6) is 0 Å². The van der Waals surface area contributed by atoms with E-state index in [1.54, 1.807) is 4.90 Å². The molecular formula is C16H18N6O. The zero-order valence-corrected chi connectivity index (χ0v) is 13.0. The number of hydrogen-bond donors (Lipinski definition) is 1. The fourth-order valence-corrected chi connectivity index (χ4v) is 2.45. The van der Waals surface area contributed by atoms with Gasteiger partial charge in [-0.3, -0.25) is 4.79 Å². The van der Waals surface area contributed by atoms with Crippen molar-refractivity contribution in [2.75, 3.05) is 7.05 Å². The molecule has 3 rings (SSSR count). The number of rotatable bonds is 5. The third-order valence-corrected chi connectivity index (χ3v) is 3.79. The quantitative estimate of drug-likeness (QED) is 0.780. The summed E-state index contributed by atoms with van der Waals surface area (Å²) in [5.41, 5.74) is 1.94. The fourth-order valence-electron chi connectivity index (χ4n) is 2.45. The lowest BCUT2D eigenvalue weighted by molar-refractivity contribution is -0.133. The molecule has 0 radical (unpaired) electrons. The molecule has 0 fully saturated rings. The number of aromatic amines is 1. The van der Waals surface area contributed by atoms with E-state index in [9.17, 15) is 4.79 Å². The summed E-state index contributed by atoms with van der Waals surface area (Å²) in [7, 11) is 1.81. The molecule has 3 aromatic rings. The lowest BCUT2D eigenvalue weighted by Gasteiger charge is -2.22. The summed E-state index contributed by atoms with van der Waals surface area (Å²) in [6, 6.07) is 11.4. The van der Waals surface area contributed by atoms with Gasteiger partial charge in [0.05, 0.1) is 0 Å². The molecule has 7 nitrogen and oxygen atoms in total. The number of nitrogens with one attached hydrogen (secondary N) is 1. The first-order chi connectivity index (χ1) is 11.1. The van der Waals surface area contributed by atoms with Gasteiger partial charge in [-0.25, -0.2) is 0 Å². The van der Waals surface area contributed by atoms with Gasteiger partial charge in [0.2, 0.25) is 11.7 Å². The molecule has 0 spiro atoms. The van der Waals surface area contributed by atoms with Crippen LogP contribution in [0.4, 0.5) is 0 Å². The molecule has 0 saturated heterocycles. The standard InChI is InChI=1S/C16H18N6O/c1-12(22-9-3-4-10-22)16(23)21(2)11-13-5-7-14(8-6-13)15-17-19-20-18-15/h3-10,12H,11H2,1-2H3,(H,17,18,19,20). The van der Waals surface area contributed by atoms with Gasteiger partial charge in [-0.15, -0.1) is 10.2 Å². The number of aromatic nitrogens is 5. The molecule has 1 aromatic carbocycles. The lowest BCUT2D eigenvalue weighted by atomic mass is 10.1. The van der Waals surface area contributed by atoms with Crippen LogP contribution in [0, 0.1) is 0 Å². The maximum atomic E-state index is 12.5. The minimum atomic E-state index is -0.214. The number of carbonyl (C=O) groups excluding carboxylic acids is 1. The molecule has 1 unspecified atom stereocenters. The monoisotopic (exact) mass is 310 g/mol. The highest BCUT2D eigenvalue weighted by molar-refractivity contribution is 5.79. The van der Waals surface area contributed by atoms with Crippen molar-refractivity contribution in [3.05, 3.63) is 54.4 Å². The van der Waals surface area contributed by atoms with Crippen LogP contribution < -0.4 is 0 Å². The van der Waals surface area contributed by atoms with Gasteiger partial charge < -0.3 is 9.47 Å². The van der Waals surface area contributed by atoms with Crippen LogP contribution in [0.25, 0.3) is 11.4 Å². The van der Waals surface area contributed by atoms with Crippen molar-refractivity contribution in [3.63, 3.8) is 0 Å². The smallest absolute Gasteiger partial charge is 0.245 e. The Bertz CT molecular complexity index is 748. The van der Waals surface area contributed by atoms with Crippen LogP contribution in [0.1, 0.15) is 18.5 Å². The van der Waals surface area contributed by atoms with E-state index in [4.69, 9.17) is 0 Å². The first-order valence-corrected chi connectivity index (χ1v) is 7.35. The Hall–Kier alpha value is -2.96. The van der Waals surface area contributed by atoms with E-state index in [2.05, 4.69) is 20.6 Å². The molecular weight excluding hydrogens is 292 g/mol. The number of nitrogens with zero attached hydrogens (tertiary/aromatic N) is 5. The summed E-state index contributed by atoms with van der Waals surface area (Å²) in [5, 5.41) is 13.9. The highest BCUT2D eigenvalue weighted by Crippen LogP contribution is 2.16. The van der Waals surface area contributed by atoms with Gasteiger partial charge in [-0.2, -0.15) is 5.21 Å². The van der Waals surface area contributed by atoms with Crippen molar-refractivity contribution in [1.82, 2.24) is 30.1 Å². The van der Waals surface area contributed by atoms with E-state index in [1.165, 1.54) is 0 Å². The molecule has 0 aliphatic rings. The van der Waals surface area contributed by atoms with E-state index < -0.39 is 0 Å². The maximum Gasteiger partial charge on any atom is 0.245 e. The summed E-state index contributed by atoms with van der Waals surface area (Å²) < 4.78 is 1.90. The molecule has 7 heteroatoms. The molecule has 2 aromatic heterocycles. The molecule has 1 atom stereocenters. The van der Waals surface area contributed by atoms with Crippen molar-refractivity contribution in [1.29, 1.82) is 0 Å². The molecule has 2 heterocycles. The zero-order valence-electron chi connectivity index (χ0n) is 13.0. The second-order valence-corrected chi connectivity index (χ2v) is 5.43. The van der Waals surface area contributed by atoms with Gasteiger partial charge >= 0.3 is 0 Å². The van der Waals surface area contributed by atoms with Crippen molar-refractivity contribution in [3.8, 4) is 11.4 Å². The van der Waals surface area contributed by atoms with Gasteiger partial charge in [0.1, 0.15) is 6.04 Å². The normalized spacial score (nSPS) is 12.1. The van der Waals surface area contributed by atoms with Crippen LogP contribution in [0.15, 0.2) is 48.8 Å². The number of hydrogen-bond acceptors (Lipinski definition) is 4. The SMILES string of the molecule is CC(C(=O)N(C)Cc1ccc(-c2nn[nH]n2)cc1)n1cccc1. The molecule has 23 heavy (non-hydrogen) atoms. The second-order valence-electron chi connectivity index (χ2n) is 5.43. The highest BCUT2D eigenvalue weighted by atomic mass is 16.2. The van der Waals surface area contributed by atoms with Gasteiger partial charge in [-0.1, -0.05) is 24.3 Å². The van der Waals surface area contributed by atoms with Gasteiger partial charge in [0.15, 0.2) is 0 Å². The Kier molecular flexibility index (Phi) is 4.18. The Balaban J connectivity index is 1.65. The number of carbonyl (C=O) groups is 1. The van der Waals surface area contributed by atoms with Crippen molar-refractivity contribution in [2.45, 2.75) is 19.5 Å². The first kappa shape index (κ1) is 15.0. The number of H-pyrrole nitrogens is 1. The van der Waals surface area contributed by atoms with Crippen LogP contribution in [0.3, 0.4) is 0 Å². The van der Waals surface area contributed by atoms with Crippen molar-refractivity contribution < 1.29 is 4.79 Å². The first-order valence-electron chi connectivity index (χ1n) is 7.35. The van der Waals surface area contributed by atoms with E-state index in [0.29, 0.717) is 12.4 Å². The van der Waals surface area contributed by atoms with Crippen LogP contribution in [-0.2, 0) is 11.3 Å². The topological polar surface area (TPSA) is 79.7 Å². The number of amides is 1. The average molecular weight is 310 g/mol. The summed E-state index contributed by atoms with van der Waals surface area (Å²) in [6.07, 6.45) is 3.80. The van der Waals surface area contributed by atoms with Crippen LogP contribution >= 0.6 is 0 Å². The fraction of sp³-hybridized carbons (Fsp3) is 0.250. The zero-order chi connectivity index (χ0) is 16.2. The Labute approximate surface area is 133 Å². The van der Waals surface area contributed by atoms with E-state index >= 15 is 0 Å².